The van der Waals surface area contributed by atoms with Crippen molar-refractivity contribution in [3.8, 4) is 11.1 Å². The average Bonchev–Trinajstić information content (AvgIpc) is 2.91. The Hall–Kier alpha value is -3.61. The number of carbonyl (C=O) groups excluding carboxylic acids is 3. The molecule has 2 aliphatic carbocycles. The Labute approximate surface area is 193 Å². The Morgan fingerprint density at radius 1 is 0.818 bits per heavy atom. The van der Waals surface area contributed by atoms with E-state index in [1.54, 1.807) is 40.7 Å². The molecule has 1 atom stereocenters. The van der Waals surface area contributed by atoms with Crippen molar-refractivity contribution in [2.24, 2.45) is 0 Å². The Morgan fingerprint density at radius 3 is 1.91 bits per heavy atom. The second-order valence-corrected chi connectivity index (χ2v) is 8.87. The predicted molar refractivity (Wildman–Crippen MR) is 124 cm³/mol. The fourth-order valence-electron chi connectivity index (χ4n) is 4.15. The van der Waals surface area contributed by atoms with Gasteiger partial charge in [0, 0.05) is 11.4 Å². The minimum atomic E-state index is -0.808. The Morgan fingerprint density at radius 2 is 1.36 bits per heavy atom. The summed E-state index contributed by atoms with van der Waals surface area (Å²) in [6, 6.07) is 10.8. The van der Waals surface area contributed by atoms with Crippen LogP contribution in [0.25, 0.3) is 11.1 Å². The molecule has 0 spiro atoms. The summed E-state index contributed by atoms with van der Waals surface area (Å²) >= 11 is 0. The molecule has 1 heterocycles. The molecule has 0 saturated carbocycles. The first-order valence-electron chi connectivity index (χ1n) is 10.6. The zero-order chi connectivity index (χ0) is 24.5. The molecular formula is C26H29NO6. The van der Waals surface area contributed by atoms with Crippen LogP contribution in [0, 0.1) is 0 Å². The van der Waals surface area contributed by atoms with Crippen LogP contribution in [0.5, 0.6) is 0 Å². The van der Waals surface area contributed by atoms with Crippen LogP contribution in [0.15, 0.2) is 58.9 Å². The first-order chi connectivity index (χ1) is 15.5. The van der Waals surface area contributed by atoms with Crippen molar-refractivity contribution in [3.05, 3.63) is 70.1 Å². The second kappa shape index (κ2) is 9.10. The van der Waals surface area contributed by atoms with Gasteiger partial charge in [-0.25, -0.2) is 14.4 Å². The maximum absolute atomic E-state index is 13.4. The normalized spacial score (nSPS) is 16.4. The maximum Gasteiger partial charge on any atom is 0.338 e. The fourth-order valence-corrected chi connectivity index (χ4v) is 4.15. The summed E-state index contributed by atoms with van der Waals surface area (Å²) in [5.41, 5.74) is 3.28. The van der Waals surface area contributed by atoms with Crippen LogP contribution >= 0.6 is 0 Å². The summed E-state index contributed by atoms with van der Waals surface area (Å²) in [5, 5.41) is 3.12. The molecule has 0 saturated heterocycles. The topological polar surface area (TPSA) is 90.9 Å². The van der Waals surface area contributed by atoms with E-state index >= 15 is 0 Å². The third-order valence-corrected chi connectivity index (χ3v) is 5.44. The lowest BCUT2D eigenvalue weighted by Gasteiger charge is -2.32. The van der Waals surface area contributed by atoms with Crippen LogP contribution in [0.3, 0.4) is 0 Å². The van der Waals surface area contributed by atoms with E-state index in [1.807, 2.05) is 30.3 Å². The number of carbonyl (C=O) groups is 3. The van der Waals surface area contributed by atoms with E-state index in [0.717, 1.165) is 5.56 Å². The Balaban J connectivity index is 2.34. The Kier molecular flexibility index (Phi) is 6.63. The van der Waals surface area contributed by atoms with Gasteiger partial charge in [-0.05, 0) is 57.4 Å². The van der Waals surface area contributed by atoms with E-state index in [9.17, 15) is 14.4 Å². The number of fused-ring (bicyclic) bond motifs is 1. The number of esters is 3. The summed E-state index contributed by atoms with van der Waals surface area (Å²) in [6.45, 7) is 8.85. The van der Waals surface area contributed by atoms with E-state index in [-0.39, 0.29) is 11.1 Å². The van der Waals surface area contributed by atoms with Gasteiger partial charge >= 0.3 is 17.9 Å². The highest BCUT2D eigenvalue weighted by atomic mass is 16.6. The summed E-state index contributed by atoms with van der Waals surface area (Å²) < 4.78 is 15.8. The van der Waals surface area contributed by atoms with Crippen molar-refractivity contribution in [1.29, 1.82) is 0 Å². The maximum atomic E-state index is 13.4. The molecule has 1 unspecified atom stereocenters. The molecular weight excluding hydrogens is 422 g/mol. The fraction of sp³-hybridized carbons (Fsp3) is 0.346. The monoisotopic (exact) mass is 451 g/mol. The molecule has 0 aromatic heterocycles. The van der Waals surface area contributed by atoms with Gasteiger partial charge in [0.05, 0.1) is 36.8 Å². The van der Waals surface area contributed by atoms with Crippen molar-refractivity contribution in [1.82, 2.24) is 5.32 Å². The van der Waals surface area contributed by atoms with Crippen molar-refractivity contribution < 1.29 is 28.6 Å². The minimum Gasteiger partial charge on any atom is -0.466 e. The SMILES string of the molecule is COC(=O)C1=C(C)NC(C)=C(C(=O)OC(C)(C)C)C1c1cc(C(=O)OC)c2cccccc1-2. The zero-order valence-corrected chi connectivity index (χ0v) is 20.0. The van der Waals surface area contributed by atoms with Crippen molar-refractivity contribution >= 4 is 17.9 Å². The molecule has 0 radical (unpaired) electrons. The standard InChI is InChI=1S/C26H29NO6/c1-14-20(24(29)32-7)22(21(15(2)27-14)25(30)33-26(3,4)5)18-13-19(23(28)31-6)17-12-10-8-9-11-16(17)18/h8-13,22,27H,1-7H3. The molecule has 0 amide bonds. The lowest BCUT2D eigenvalue weighted by Crippen LogP contribution is -2.34. The smallest absolute Gasteiger partial charge is 0.338 e. The van der Waals surface area contributed by atoms with Crippen LogP contribution in [0.2, 0.25) is 0 Å². The predicted octanol–water partition coefficient (Wildman–Crippen LogP) is 4.33. The van der Waals surface area contributed by atoms with Gasteiger partial charge in [-0.1, -0.05) is 30.3 Å². The molecule has 0 fully saturated rings. The third kappa shape index (κ3) is 4.62. The minimum absolute atomic E-state index is 0.277. The Bertz CT molecular complexity index is 1150. The molecule has 3 aliphatic rings. The molecule has 7 nitrogen and oxygen atoms in total. The van der Waals surface area contributed by atoms with E-state index < -0.39 is 29.4 Å². The highest BCUT2D eigenvalue weighted by molar-refractivity contribution is 6.04. The zero-order valence-electron chi connectivity index (χ0n) is 20.0. The molecule has 0 aromatic carbocycles. The van der Waals surface area contributed by atoms with Gasteiger partial charge in [0.15, 0.2) is 0 Å². The van der Waals surface area contributed by atoms with Gasteiger partial charge in [-0.3, -0.25) is 0 Å². The first-order valence-corrected chi connectivity index (χ1v) is 10.6. The van der Waals surface area contributed by atoms with Gasteiger partial charge in [-0.15, -0.1) is 0 Å². The van der Waals surface area contributed by atoms with Crippen LogP contribution < -0.4 is 5.32 Å². The third-order valence-electron chi connectivity index (χ3n) is 5.44. The van der Waals surface area contributed by atoms with E-state index in [1.165, 1.54) is 14.2 Å². The van der Waals surface area contributed by atoms with E-state index in [4.69, 9.17) is 14.2 Å². The lowest BCUT2D eigenvalue weighted by atomic mass is 9.79. The molecule has 0 bridgehead atoms. The van der Waals surface area contributed by atoms with Gasteiger partial charge in [0.1, 0.15) is 5.60 Å². The number of hydrogen-bond donors (Lipinski definition) is 1. The molecule has 174 valence electrons. The number of dihydropyridines is 1. The number of allylic oxidation sites excluding steroid dienone is 2. The number of hydrogen-bond acceptors (Lipinski definition) is 7. The van der Waals surface area contributed by atoms with Gasteiger partial charge in [0.25, 0.3) is 0 Å². The number of rotatable bonds is 4. The number of ether oxygens (including phenoxy) is 3. The highest BCUT2D eigenvalue weighted by Gasteiger charge is 2.41. The van der Waals surface area contributed by atoms with Crippen molar-refractivity contribution in [2.45, 2.75) is 46.1 Å². The van der Waals surface area contributed by atoms with E-state index in [2.05, 4.69) is 5.32 Å². The summed E-state index contributed by atoms with van der Waals surface area (Å²) in [7, 11) is 2.61. The molecule has 7 heteroatoms. The van der Waals surface area contributed by atoms with Crippen LogP contribution in [-0.4, -0.2) is 37.7 Å². The molecule has 1 aliphatic heterocycles. The van der Waals surface area contributed by atoms with Gasteiger partial charge in [0.2, 0.25) is 0 Å². The van der Waals surface area contributed by atoms with Gasteiger partial charge in [-0.2, -0.15) is 0 Å². The molecule has 0 aromatic rings. The quantitative estimate of drug-likeness (QED) is 0.547. The second-order valence-electron chi connectivity index (χ2n) is 8.87. The molecule has 33 heavy (non-hydrogen) atoms. The van der Waals surface area contributed by atoms with Gasteiger partial charge < -0.3 is 19.5 Å². The highest BCUT2D eigenvalue weighted by Crippen LogP contribution is 2.46. The lowest BCUT2D eigenvalue weighted by molar-refractivity contribution is -0.150. The van der Waals surface area contributed by atoms with Crippen molar-refractivity contribution in [2.75, 3.05) is 14.2 Å². The summed E-state index contributed by atoms with van der Waals surface area (Å²) in [6.07, 6.45) is 0. The van der Waals surface area contributed by atoms with Crippen LogP contribution in [-0.2, 0) is 23.8 Å². The summed E-state index contributed by atoms with van der Waals surface area (Å²) in [4.78, 5) is 38.9. The average molecular weight is 452 g/mol. The largest absolute Gasteiger partial charge is 0.466 e. The van der Waals surface area contributed by atoms with Crippen LogP contribution in [0.1, 0.15) is 56.5 Å². The number of methoxy groups -OCH3 is 2. The molecule has 3 rings (SSSR count). The van der Waals surface area contributed by atoms with Crippen LogP contribution in [0.4, 0.5) is 0 Å². The number of nitrogens with one attached hydrogen (secondary N) is 1. The first kappa shape index (κ1) is 24.0. The summed E-state index contributed by atoms with van der Waals surface area (Å²) in [5.74, 6) is -2.45. The van der Waals surface area contributed by atoms with E-state index in [0.29, 0.717) is 28.1 Å². The molecule has 1 N–H and O–H groups in total. The van der Waals surface area contributed by atoms with Crippen molar-refractivity contribution in [3.63, 3.8) is 0 Å².